The largest absolute Gasteiger partial charge is 0.327 e. The van der Waals surface area contributed by atoms with Gasteiger partial charge in [-0.15, -0.1) is 0 Å². The van der Waals surface area contributed by atoms with Crippen molar-refractivity contribution in [1.82, 2.24) is 0 Å². The van der Waals surface area contributed by atoms with Gasteiger partial charge in [0.15, 0.2) is 0 Å². The van der Waals surface area contributed by atoms with Gasteiger partial charge in [0.1, 0.15) is 0 Å². The van der Waals surface area contributed by atoms with Crippen molar-refractivity contribution in [1.29, 1.82) is 0 Å². The van der Waals surface area contributed by atoms with Crippen LogP contribution in [0.15, 0.2) is 30.3 Å². The van der Waals surface area contributed by atoms with Crippen LogP contribution in [0, 0.1) is 0 Å². The highest BCUT2D eigenvalue weighted by Gasteiger charge is 2.08. The third kappa shape index (κ3) is 2.88. The molecule has 2 atom stereocenters. The predicted octanol–water partition coefficient (Wildman–Crippen LogP) is 2.25. The summed E-state index contributed by atoms with van der Waals surface area (Å²) in [6.07, 6.45) is 0. The van der Waals surface area contributed by atoms with Crippen LogP contribution in [0.3, 0.4) is 0 Å². The molecule has 0 radical (unpaired) electrons. The Morgan fingerprint density at radius 3 is 2.00 bits per heavy atom. The van der Waals surface area contributed by atoms with Crippen molar-refractivity contribution in [2.24, 2.45) is 5.73 Å². The van der Waals surface area contributed by atoms with Crippen LogP contribution in [0.25, 0.3) is 0 Å². The molecule has 68 valence electrons. The van der Waals surface area contributed by atoms with Crippen molar-refractivity contribution >= 4 is 13.5 Å². The van der Waals surface area contributed by atoms with Crippen molar-refractivity contribution in [2.75, 3.05) is 0 Å². The van der Waals surface area contributed by atoms with E-state index in [4.69, 9.17) is 5.73 Å². The van der Waals surface area contributed by atoms with Crippen LogP contribution in [0.1, 0.15) is 25.3 Å². The molecule has 0 heterocycles. The zero-order chi connectivity index (χ0) is 8.27. The fourth-order valence-corrected chi connectivity index (χ4v) is 1.06. The third-order valence-electron chi connectivity index (χ3n) is 2.11. The minimum atomic E-state index is 0. The van der Waals surface area contributed by atoms with Gasteiger partial charge in [0.25, 0.3) is 0 Å². The van der Waals surface area contributed by atoms with Crippen LogP contribution in [-0.4, -0.2) is 6.04 Å². The summed E-state index contributed by atoms with van der Waals surface area (Å²) in [5.41, 5.74) is 7.09. The topological polar surface area (TPSA) is 26.0 Å². The maximum atomic E-state index is 5.77. The van der Waals surface area contributed by atoms with Gasteiger partial charge in [0.05, 0.1) is 0 Å². The molecular weight excluding hydrogens is 166 g/mol. The first-order chi connectivity index (χ1) is 5.22. The molecule has 1 rings (SSSR count). The molecule has 0 saturated heterocycles. The number of benzene rings is 1. The molecule has 0 fully saturated rings. The molecule has 0 saturated carbocycles. The Hall–Kier alpha value is -0.470. The van der Waals surface area contributed by atoms with E-state index >= 15 is 0 Å². The molecular formula is C10H17NS. The van der Waals surface area contributed by atoms with E-state index in [0.717, 1.165) is 0 Å². The first-order valence-electron chi connectivity index (χ1n) is 4.02. The van der Waals surface area contributed by atoms with E-state index in [-0.39, 0.29) is 19.5 Å². The Kier molecular flexibility index (Phi) is 5.02. The molecule has 0 aromatic heterocycles. The predicted molar refractivity (Wildman–Crippen MR) is 58.9 cm³/mol. The first-order valence-corrected chi connectivity index (χ1v) is 4.02. The lowest BCUT2D eigenvalue weighted by molar-refractivity contribution is 0.613. The van der Waals surface area contributed by atoms with E-state index in [1.165, 1.54) is 5.56 Å². The van der Waals surface area contributed by atoms with Crippen molar-refractivity contribution < 1.29 is 0 Å². The van der Waals surface area contributed by atoms with Crippen LogP contribution in [0.5, 0.6) is 0 Å². The van der Waals surface area contributed by atoms with Gasteiger partial charge >= 0.3 is 0 Å². The summed E-state index contributed by atoms with van der Waals surface area (Å²) in [6, 6.07) is 10.6. The van der Waals surface area contributed by atoms with Gasteiger partial charge < -0.3 is 5.73 Å². The van der Waals surface area contributed by atoms with Gasteiger partial charge in [-0.3, -0.25) is 0 Å². The maximum Gasteiger partial charge on any atom is 0.00766 e. The van der Waals surface area contributed by atoms with Crippen LogP contribution in [0.4, 0.5) is 0 Å². The molecule has 1 unspecified atom stereocenters. The Balaban J connectivity index is 0.00000121. The molecule has 12 heavy (non-hydrogen) atoms. The van der Waals surface area contributed by atoms with Crippen molar-refractivity contribution in [3.63, 3.8) is 0 Å². The molecule has 0 aliphatic carbocycles. The zero-order valence-electron chi connectivity index (χ0n) is 7.62. The SMILES string of the molecule is CC(c1ccccc1)[C@H](C)N.S. The maximum absolute atomic E-state index is 5.77. The minimum Gasteiger partial charge on any atom is -0.327 e. The quantitative estimate of drug-likeness (QED) is 0.747. The number of rotatable bonds is 2. The van der Waals surface area contributed by atoms with Crippen LogP contribution < -0.4 is 5.73 Å². The average Bonchev–Trinajstić information content (AvgIpc) is 2.05. The van der Waals surface area contributed by atoms with Crippen molar-refractivity contribution in [3.8, 4) is 0 Å². The lowest BCUT2D eigenvalue weighted by Gasteiger charge is -2.15. The Labute approximate surface area is 81.4 Å². The number of nitrogens with two attached hydrogens (primary N) is 1. The summed E-state index contributed by atoms with van der Waals surface area (Å²) < 4.78 is 0. The van der Waals surface area contributed by atoms with E-state index in [2.05, 4.69) is 19.1 Å². The molecule has 1 nitrogen and oxygen atoms in total. The van der Waals surface area contributed by atoms with Crippen molar-refractivity contribution in [2.45, 2.75) is 25.8 Å². The van der Waals surface area contributed by atoms with E-state index in [1.807, 2.05) is 25.1 Å². The molecule has 0 aliphatic rings. The lowest BCUT2D eigenvalue weighted by Crippen LogP contribution is -2.22. The standard InChI is InChI=1S/C10H15N.H2S/c1-8(9(2)11)10-6-4-3-5-7-10;/h3-9H,11H2,1-2H3;1H2/t8?,9-;/m0./s1. The highest BCUT2D eigenvalue weighted by atomic mass is 32.1. The highest BCUT2D eigenvalue weighted by molar-refractivity contribution is 7.59. The second-order valence-electron chi connectivity index (χ2n) is 3.06. The molecule has 1 aromatic rings. The monoisotopic (exact) mass is 183 g/mol. The van der Waals surface area contributed by atoms with Gasteiger partial charge in [-0.1, -0.05) is 37.3 Å². The summed E-state index contributed by atoms with van der Waals surface area (Å²) in [5.74, 6) is 0.455. The van der Waals surface area contributed by atoms with Crippen molar-refractivity contribution in [3.05, 3.63) is 35.9 Å². The van der Waals surface area contributed by atoms with Crippen LogP contribution >= 0.6 is 13.5 Å². The summed E-state index contributed by atoms with van der Waals surface area (Å²) in [4.78, 5) is 0. The van der Waals surface area contributed by atoms with Gasteiger partial charge in [-0.25, -0.2) is 0 Å². The molecule has 1 aromatic carbocycles. The molecule has 0 spiro atoms. The summed E-state index contributed by atoms with van der Waals surface area (Å²) in [5, 5.41) is 0. The van der Waals surface area contributed by atoms with Crippen LogP contribution in [0.2, 0.25) is 0 Å². The Morgan fingerprint density at radius 2 is 1.58 bits per heavy atom. The number of hydrogen-bond donors (Lipinski definition) is 1. The van der Waals surface area contributed by atoms with E-state index in [1.54, 1.807) is 0 Å². The van der Waals surface area contributed by atoms with E-state index in [9.17, 15) is 0 Å². The second kappa shape index (κ2) is 5.22. The fourth-order valence-electron chi connectivity index (χ4n) is 1.06. The van der Waals surface area contributed by atoms with E-state index in [0.29, 0.717) is 5.92 Å². The second-order valence-corrected chi connectivity index (χ2v) is 3.06. The third-order valence-corrected chi connectivity index (χ3v) is 2.11. The highest BCUT2D eigenvalue weighted by Crippen LogP contribution is 2.16. The summed E-state index contributed by atoms with van der Waals surface area (Å²) >= 11 is 0. The minimum absolute atomic E-state index is 0. The van der Waals surface area contributed by atoms with Gasteiger partial charge in [0.2, 0.25) is 0 Å². The van der Waals surface area contributed by atoms with Gasteiger partial charge in [-0.2, -0.15) is 13.5 Å². The van der Waals surface area contributed by atoms with Crippen LogP contribution in [-0.2, 0) is 0 Å². The van der Waals surface area contributed by atoms with Gasteiger partial charge in [-0.05, 0) is 18.4 Å². The smallest absolute Gasteiger partial charge is 0.00766 e. The summed E-state index contributed by atoms with van der Waals surface area (Å²) in [6.45, 7) is 4.19. The molecule has 0 amide bonds. The zero-order valence-corrected chi connectivity index (χ0v) is 8.62. The fraction of sp³-hybridized carbons (Fsp3) is 0.400. The molecule has 2 N–H and O–H groups in total. The summed E-state index contributed by atoms with van der Waals surface area (Å²) in [7, 11) is 0. The molecule has 0 aliphatic heterocycles. The lowest BCUT2D eigenvalue weighted by atomic mass is 9.95. The normalized spacial score (nSPS) is 14.6. The van der Waals surface area contributed by atoms with Gasteiger partial charge in [0, 0.05) is 6.04 Å². The number of hydrogen-bond acceptors (Lipinski definition) is 1. The molecule has 2 heteroatoms. The Morgan fingerprint density at radius 1 is 1.08 bits per heavy atom. The first kappa shape index (κ1) is 11.5. The van der Waals surface area contributed by atoms with E-state index < -0.39 is 0 Å². The Bertz CT molecular complexity index is 208. The molecule has 0 bridgehead atoms. The average molecular weight is 183 g/mol.